The quantitative estimate of drug-likeness (QED) is 0.480. The Bertz CT molecular complexity index is 237. The fourth-order valence-electron chi connectivity index (χ4n) is 0.959. The van der Waals surface area contributed by atoms with Crippen LogP contribution >= 0.6 is 0 Å². The molecule has 1 rings (SSSR count). The minimum absolute atomic E-state index is 0.111. The average molecular weight is 185 g/mol. The van der Waals surface area contributed by atoms with E-state index >= 15 is 0 Å². The summed E-state index contributed by atoms with van der Waals surface area (Å²) in [7, 11) is 0. The highest BCUT2D eigenvalue weighted by Crippen LogP contribution is 1.96. The lowest BCUT2D eigenvalue weighted by atomic mass is 10.4. The Labute approximate surface area is 77.3 Å². The van der Waals surface area contributed by atoms with Crippen molar-refractivity contribution in [3.8, 4) is 0 Å². The molecule has 0 radical (unpaired) electrons. The Kier molecular flexibility index (Phi) is 4.45. The number of aromatic nitrogens is 2. The van der Waals surface area contributed by atoms with Gasteiger partial charge in [0.2, 0.25) is 0 Å². The van der Waals surface area contributed by atoms with Gasteiger partial charge in [-0.3, -0.25) is 4.68 Å². The maximum absolute atomic E-state index is 8.64. The topological polar surface area (TPSA) is 59.3 Å². The molecular weight excluding hydrogens is 170 g/mol. The van der Waals surface area contributed by atoms with Gasteiger partial charge in [0.25, 0.3) is 0 Å². The molecule has 0 atom stereocenters. The molecule has 5 heteroatoms. The maximum atomic E-state index is 8.64. The zero-order chi connectivity index (χ0) is 9.52. The number of aliphatic hydroxyl groups excluding tert-OH is 1. The summed E-state index contributed by atoms with van der Waals surface area (Å²) >= 11 is 0. The lowest BCUT2D eigenvalue weighted by Gasteiger charge is -1.99. The maximum Gasteiger partial charge on any atom is 0.0654 e. The molecule has 0 saturated carbocycles. The van der Waals surface area contributed by atoms with E-state index in [2.05, 4.69) is 10.6 Å². The zero-order valence-corrected chi connectivity index (χ0v) is 7.73. The number of nitrogens with one attached hydrogen (secondary N) is 1. The summed E-state index contributed by atoms with van der Waals surface area (Å²) in [6, 6.07) is 0. The SMILES string of the molecule is CCONCc1cnn(CCO)c1. The summed E-state index contributed by atoms with van der Waals surface area (Å²) in [5.41, 5.74) is 3.83. The van der Waals surface area contributed by atoms with E-state index in [4.69, 9.17) is 9.94 Å². The second-order valence-corrected chi connectivity index (χ2v) is 2.59. The van der Waals surface area contributed by atoms with E-state index in [0.29, 0.717) is 19.7 Å². The molecule has 0 bridgehead atoms. The molecular formula is C8H15N3O2. The van der Waals surface area contributed by atoms with E-state index in [0.717, 1.165) is 5.56 Å². The summed E-state index contributed by atoms with van der Waals surface area (Å²) in [5, 5.41) is 12.7. The normalized spacial score (nSPS) is 10.6. The Balaban J connectivity index is 2.31. The molecule has 2 N–H and O–H groups in total. The Hall–Kier alpha value is -0.910. The first-order chi connectivity index (χ1) is 6.36. The van der Waals surface area contributed by atoms with Crippen LogP contribution in [0.25, 0.3) is 0 Å². The van der Waals surface area contributed by atoms with E-state index in [1.165, 1.54) is 0 Å². The fraction of sp³-hybridized carbons (Fsp3) is 0.625. The van der Waals surface area contributed by atoms with Gasteiger partial charge in [-0.1, -0.05) is 0 Å². The highest BCUT2D eigenvalue weighted by molar-refractivity contribution is 5.02. The summed E-state index contributed by atoms with van der Waals surface area (Å²) in [6.45, 7) is 3.85. The lowest BCUT2D eigenvalue weighted by Crippen LogP contribution is -2.13. The first kappa shape index (κ1) is 10.2. The summed E-state index contributed by atoms with van der Waals surface area (Å²) in [4.78, 5) is 4.97. The monoisotopic (exact) mass is 185 g/mol. The van der Waals surface area contributed by atoms with Crippen LogP contribution in [-0.4, -0.2) is 28.1 Å². The third kappa shape index (κ3) is 3.54. The first-order valence-electron chi connectivity index (χ1n) is 4.33. The predicted molar refractivity (Wildman–Crippen MR) is 47.8 cm³/mol. The number of aliphatic hydroxyl groups is 1. The molecule has 0 fully saturated rings. The summed E-state index contributed by atoms with van der Waals surface area (Å²) in [5.74, 6) is 0. The molecule has 13 heavy (non-hydrogen) atoms. The number of nitrogens with zero attached hydrogens (tertiary/aromatic N) is 2. The van der Waals surface area contributed by atoms with Crippen LogP contribution in [0.5, 0.6) is 0 Å². The van der Waals surface area contributed by atoms with Gasteiger partial charge in [0.05, 0.1) is 26.0 Å². The van der Waals surface area contributed by atoms with Crippen LogP contribution in [0.2, 0.25) is 0 Å². The van der Waals surface area contributed by atoms with E-state index in [1.54, 1.807) is 10.9 Å². The van der Waals surface area contributed by atoms with Gasteiger partial charge in [-0.05, 0) is 6.92 Å². The molecule has 0 aliphatic heterocycles. The van der Waals surface area contributed by atoms with Crippen molar-refractivity contribution >= 4 is 0 Å². The standard InChI is InChI=1S/C8H15N3O2/c1-2-13-10-6-8-5-9-11(7-8)3-4-12/h5,7,10,12H,2-4,6H2,1H3. The van der Waals surface area contributed by atoms with Gasteiger partial charge < -0.3 is 9.94 Å². The molecule has 1 heterocycles. The van der Waals surface area contributed by atoms with E-state index in [9.17, 15) is 0 Å². The van der Waals surface area contributed by atoms with Crippen molar-refractivity contribution in [2.45, 2.75) is 20.0 Å². The van der Waals surface area contributed by atoms with Gasteiger partial charge in [0.15, 0.2) is 0 Å². The number of hydrogen-bond donors (Lipinski definition) is 2. The van der Waals surface area contributed by atoms with E-state index in [1.807, 2.05) is 13.1 Å². The second kappa shape index (κ2) is 5.69. The molecule has 0 amide bonds. The summed E-state index contributed by atoms with van der Waals surface area (Å²) in [6.07, 6.45) is 3.63. The van der Waals surface area contributed by atoms with Gasteiger partial charge in [0, 0.05) is 18.3 Å². The first-order valence-corrected chi connectivity index (χ1v) is 4.33. The van der Waals surface area contributed by atoms with Crippen molar-refractivity contribution in [3.05, 3.63) is 18.0 Å². The van der Waals surface area contributed by atoms with Crippen LogP contribution in [0, 0.1) is 0 Å². The molecule has 1 aromatic heterocycles. The van der Waals surface area contributed by atoms with Crippen molar-refractivity contribution in [3.63, 3.8) is 0 Å². The van der Waals surface area contributed by atoms with E-state index in [-0.39, 0.29) is 6.61 Å². The van der Waals surface area contributed by atoms with Crippen molar-refractivity contribution in [2.24, 2.45) is 0 Å². The molecule has 0 aromatic carbocycles. The second-order valence-electron chi connectivity index (χ2n) is 2.59. The number of hydroxylamine groups is 1. The molecule has 0 unspecified atom stereocenters. The average Bonchev–Trinajstić information content (AvgIpc) is 2.54. The lowest BCUT2D eigenvalue weighted by molar-refractivity contribution is 0.0463. The molecule has 74 valence electrons. The van der Waals surface area contributed by atoms with Crippen LogP contribution in [0.4, 0.5) is 0 Å². The third-order valence-electron chi connectivity index (χ3n) is 1.54. The third-order valence-corrected chi connectivity index (χ3v) is 1.54. The van der Waals surface area contributed by atoms with Crippen LogP contribution in [0.1, 0.15) is 12.5 Å². The zero-order valence-electron chi connectivity index (χ0n) is 7.73. The highest BCUT2D eigenvalue weighted by Gasteiger charge is 1.96. The van der Waals surface area contributed by atoms with Crippen molar-refractivity contribution in [1.29, 1.82) is 0 Å². The molecule has 0 aliphatic carbocycles. The van der Waals surface area contributed by atoms with Crippen molar-refractivity contribution < 1.29 is 9.94 Å². The largest absolute Gasteiger partial charge is 0.394 e. The van der Waals surface area contributed by atoms with Crippen LogP contribution in [0.3, 0.4) is 0 Å². The Morgan fingerprint density at radius 1 is 1.69 bits per heavy atom. The van der Waals surface area contributed by atoms with Crippen LogP contribution < -0.4 is 5.48 Å². The van der Waals surface area contributed by atoms with Crippen molar-refractivity contribution in [2.75, 3.05) is 13.2 Å². The summed E-state index contributed by atoms with van der Waals surface area (Å²) < 4.78 is 1.70. The van der Waals surface area contributed by atoms with Crippen molar-refractivity contribution in [1.82, 2.24) is 15.3 Å². The smallest absolute Gasteiger partial charge is 0.0654 e. The van der Waals surface area contributed by atoms with Gasteiger partial charge in [-0.15, -0.1) is 0 Å². The predicted octanol–water partition coefficient (Wildman–Crippen LogP) is -0.0835. The minimum atomic E-state index is 0.111. The molecule has 5 nitrogen and oxygen atoms in total. The van der Waals surface area contributed by atoms with Gasteiger partial charge in [0.1, 0.15) is 0 Å². The fourth-order valence-corrected chi connectivity index (χ4v) is 0.959. The van der Waals surface area contributed by atoms with E-state index < -0.39 is 0 Å². The minimum Gasteiger partial charge on any atom is -0.394 e. The molecule has 0 aliphatic rings. The van der Waals surface area contributed by atoms with Crippen LogP contribution in [0.15, 0.2) is 12.4 Å². The van der Waals surface area contributed by atoms with Gasteiger partial charge >= 0.3 is 0 Å². The number of hydrogen-bond acceptors (Lipinski definition) is 4. The van der Waals surface area contributed by atoms with Gasteiger partial charge in [-0.25, -0.2) is 0 Å². The number of rotatable bonds is 6. The van der Waals surface area contributed by atoms with Crippen LogP contribution in [-0.2, 0) is 17.9 Å². The van der Waals surface area contributed by atoms with Gasteiger partial charge in [-0.2, -0.15) is 10.6 Å². The Morgan fingerprint density at radius 2 is 2.54 bits per heavy atom. The Morgan fingerprint density at radius 3 is 3.23 bits per heavy atom. The molecule has 0 saturated heterocycles. The highest BCUT2D eigenvalue weighted by atomic mass is 16.6. The molecule has 0 spiro atoms. The molecule has 1 aromatic rings.